The molecule has 4 rings (SSSR count). The number of nitrogens with two attached hydrogens (primary N) is 1. The van der Waals surface area contributed by atoms with E-state index in [1.807, 2.05) is 38.1 Å². The second kappa shape index (κ2) is 9.94. The van der Waals surface area contributed by atoms with Gasteiger partial charge in [0.25, 0.3) is 5.91 Å². The van der Waals surface area contributed by atoms with Crippen LogP contribution in [0.1, 0.15) is 29.9 Å². The van der Waals surface area contributed by atoms with Crippen LogP contribution >= 0.6 is 11.6 Å². The number of anilines is 1. The molecule has 3 aromatic rings. The van der Waals surface area contributed by atoms with E-state index in [0.717, 1.165) is 11.9 Å². The average Bonchev–Trinajstić information content (AvgIpc) is 3.23. The van der Waals surface area contributed by atoms with Crippen molar-refractivity contribution in [3.8, 4) is 5.82 Å². The molecule has 8 nitrogen and oxygen atoms in total. The summed E-state index contributed by atoms with van der Waals surface area (Å²) in [4.78, 5) is 16.3. The number of dihydropyridines is 1. The molecule has 0 radical (unpaired) electrons. The highest BCUT2D eigenvalue weighted by Crippen LogP contribution is 2.29. The molecule has 1 aromatic carbocycles. The second-order valence-electron chi connectivity index (χ2n) is 7.91. The van der Waals surface area contributed by atoms with Crippen LogP contribution in [-0.4, -0.2) is 26.9 Å². The van der Waals surface area contributed by atoms with Gasteiger partial charge in [-0.2, -0.15) is 0 Å². The number of pyridine rings is 1. The molecule has 0 spiro atoms. The number of carbonyl (C=O) groups is 1. The summed E-state index contributed by atoms with van der Waals surface area (Å²) in [6.45, 7) is 3.70. The van der Waals surface area contributed by atoms with E-state index in [0.29, 0.717) is 39.2 Å². The van der Waals surface area contributed by atoms with Crippen LogP contribution in [0.2, 0.25) is 5.02 Å². The highest BCUT2D eigenvalue weighted by molar-refractivity contribution is 6.30. The van der Waals surface area contributed by atoms with Gasteiger partial charge in [-0.1, -0.05) is 23.7 Å². The molecule has 0 saturated heterocycles. The normalized spacial score (nSPS) is 15.1. The molecule has 35 heavy (non-hydrogen) atoms. The van der Waals surface area contributed by atoms with Crippen LogP contribution in [0.3, 0.4) is 0 Å². The molecule has 10 heteroatoms. The van der Waals surface area contributed by atoms with Gasteiger partial charge >= 0.3 is 0 Å². The Morgan fingerprint density at radius 2 is 2.11 bits per heavy atom. The number of carbonyl (C=O) groups excluding carboxylic acids is 1. The van der Waals surface area contributed by atoms with E-state index in [-0.39, 0.29) is 5.57 Å². The van der Waals surface area contributed by atoms with Gasteiger partial charge in [0.05, 0.1) is 23.0 Å². The molecule has 1 aliphatic heterocycles. The number of primary amides is 1. The van der Waals surface area contributed by atoms with E-state index in [4.69, 9.17) is 22.7 Å². The first-order valence-corrected chi connectivity index (χ1v) is 11.1. The quantitative estimate of drug-likeness (QED) is 0.288. The van der Waals surface area contributed by atoms with E-state index in [9.17, 15) is 9.18 Å². The summed E-state index contributed by atoms with van der Waals surface area (Å²) in [6, 6.07) is 11.5. The largest absolute Gasteiger partial charge is 0.365 e. The third-order valence-electron chi connectivity index (χ3n) is 5.39. The molecule has 1 aliphatic rings. The first kappa shape index (κ1) is 23.9. The van der Waals surface area contributed by atoms with Crippen molar-refractivity contribution in [2.45, 2.75) is 19.9 Å². The molecule has 1 unspecified atom stereocenters. The highest BCUT2D eigenvalue weighted by Gasteiger charge is 2.19. The maximum atomic E-state index is 14.5. The van der Waals surface area contributed by atoms with Gasteiger partial charge in [-0.3, -0.25) is 4.79 Å². The maximum Gasteiger partial charge on any atom is 0.252 e. The summed E-state index contributed by atoms with van der Waals surface area (Å²) in [5.74, 6) is -0.0602. The molecule has 0 aliphatic carbocycles. The Kier molecular flexibility index (Phi) is 6.79. The number of benzene rings is 1. The summed E-state index contributed by atoms with van der Waals surface area (Å²) >= 11 is 5.89. The first-order valence-electron chi connectivity index (χ1n) is 10.7. The number of amides is 1. The van der Waals surface area contributed by atoms with Gasteiger partial charge in [0.1, 0.15) is 11.6 Å². The van der Waals surface area contributed by atoms with Crippen molar-refractivity contribution >= 4 is 35.1 Å². The van der Waals surface area contributed by atoms with Crippen LogP contribution in [0.4, 0.5) is 10.2 Å². The number of allylic oxidation sites excluding steroid dienone is 3. The van der Waals surface area contributed by atoms with Gasteiger partial charge in [0.15, 0.2) is 5.82 Å². The van der Waals surface area contributed by atoms with Crippen LogP contribution in [-0.2, 0) is 4.79 Å². The Balaban J connectivity index is 1.79. The minimum absolute atomic E-state index is 0.0387. The van der Waals surface area contributed by atoms with Gasteiger partial charge in [-0.15, -0.1) is 5.10 Å². The zero-order valence-corrected chi connectivity index (χ0v) is 19.8. The monoisotopic (exact) mass is 491 g/mol. The Hall–Kier alpha value is -4.24. The van der Waals surface area contributed by atoms with Gasteiger partial charge < -0.3 is 21.8 Å². The van der Waals surface area contributed by atoms with Crippen LogP contribution < -0.4 is 16.4 Å². The van der Waals surface area contributed by atoms with Crippen LogP contribution in [0.5, 0.6) is 0 Å². The fourth-order valence-corrected chi connectivity index (χ4v) is 3.85. The molecule has 0 bridgehead atoms. The first-order chi connectivity index (χ1) is 16.8. The Bertz CT molecular complexity index is 1410. The van der Waals surface area contributed by atoms with Crippen molar-refractivity contribution < 1.29 is 9.18 Å². The summed E-state index contributed by atoms with van der Waals surface area (Å²) in [5.41, 5.74) is 8.47. The fraction of sp³-hybridized carbons (Fsp3) is 0.120. The number of hydrogen-bond acceptors (Lipinski definition) is 6. The predicted molar refractivity (Wildman–Crippen MR) is 135 cm³/mol. The minimum Gasteiger partial charge on any atom is -0.365 e. The van der Waals surface area contributed by atoms with Crippen molar-refractivity contribution in [1.82, 2.24) is 20.1 Å². The SMILES string of the molecule is Cc1cccc(-n2nc(NC(C)c3ccc(Cl)cc3F)cc2C2=C/C(=C(/C=N)C(N)=O)NC=C2)n1. The predicted octanol–water partition coefficient (Wildman–Crippen LogP) is 4.43. The lowest BCUT2D eigenvalue weighted by Crippen LogP contribution is -2.21. The molecular weight excluding hydrogens is 469 g/mol. The molecule has 1 atom stereocenters. The van der Waals surface area contributed by atoms with Crippen molar-refractivity contribution in [3.05, 3.63) is 99.9 Å². The highest BCUT2D eigenvalue weighted by atomic mass is 35.5. The number of aromatic nitrogens is 3. The average molecular weight is 492 g/mol. The van der Waals surface area contributed by atoms with Crippen molar-refractivity contribution in [2.75, 3.05) is 5.32 Å². The number of aryl methyl sites for hydroxylation is 1. The third kappa shape index (κ3) is 5.15. The molecule has 1 amide bonds. The lowest BCUT2D eigenvalue weighted by molar-refractivity contribution is -0.114. The van der Waals surface area contributed by atoms with Crippen molar-refractivity contribution in [3.63, 3.8) is 0 Å². The smallest absolute Gasteiger partial charge is 0.252 e. The van der Waals surface area contributed by atoms with E-state index >= 15 is 0 Å². The summed E-state index contributed by atoms with van der Waals surface area (Å²) in [6.07, 6.45) is 6.07. The lowest BCUT2D eigenvalue weighted by Gasteiger charge is -2.14. The number of nitrogens with zero attached hydrogens (tertiary/aromatic N) is 3. The van der Waals surface area contributed by atoms with Crippen LogP contribution in [0.25, 0.3) is 11.4 Å². The zero-order chi connectivity index (χ0) is 25.1. The zero-order valence-electron chi connectivity index (χ0n) is 19.0. The Morgan fingerprint density at radius 1 is 1.31 bits per heavy atom. The summed E-state index contributed by atoms with van der Waals surface area (Å²) in [7, 11) is 0. The Morgan fingerprint density at radius 3 is 2.80 bits per heavy atom. The third-order valence-corrected chi connectivity index (χ3v) is 5.63. The fourth-order valence-electron chi connectivity index (χ4n) is 3.69. The van der Waals surface area contributed by atoms with Gasteiger partial charge in [0.2, 0.25) is 0 Å². The Labute approximate surface area is 206 Å². The number of nitrogens with one attached hydrogen (secondary N) is 3. The maximum absolute atomic E-state index is 14.5. The summed E-state index contributed by atoms with van der Waals surface area (Å²) < 4.78 is 16.1. The van der Waals surface area contributed by atoms with Crippen LogP contribution in [0.15, 0.2) is 72.1 Å². The van der Waals surface area contributed by atoms with E-state index in [1.54, 1.807) is 35.2 Å². The van der Waals surface area contributed by atoms with Gasteiger partial charge in [-0.05, 0) is 50.3 Å². The molecule has 0 fully saturated rings. The van der Waals surface area contributed by atoms with E-state index < -0.39 is 17.8 Å². The number of halogens is 2. The lowest BCUT2D eigenvalue weighted by atomic mass is 10.1. The standard InChI is InChI=1S/C25H23ClFN7O/c1-14-4-3-5-24(31-14)34-22(16-8-9-30-21(10-16)19(13-28)25(29)35)12-23(33-34)32-15(2)18-7-6-17(26)11-20(18)27/h3-13,15,28,30H,1-2H3,(H2,29,35)(H,32,33)/b21-19+,28-13?. The van der Waals surface area contributed by atoms with Crippen molar-refractivity contribution in [2.24, 2.45) is 5.73 Å². The topological polar surface area (TPSA) is 122 Å². The minimum atomic E-state index is -0.719. The van der Waals surface area contributed by atoms with Gasteiger partial charge in [-0.25, -0.2) is 14.1 Å². The number of hydrogen-bond donors (Lipinski definition) is 4. The number of rotatable bonds is 7. The van der Waals surface area contributed by atoms with E-state index in [2.05, 4.69) is 20.7 Å². The molecule has 3 heterocycles. The van der Waals surface area contributed by atoms with E-state index in [1.165, 1.54) is 6.07 Å². The molecule has 2 aromatic heterocycles. The van der Waals surface area contributed by atoms with Crippen LogP contribution in [0, 0.1) is 18.2 Å². The molecular formula is C25H23ClFN7O. The molecule has 178 valence electrons. The molecule has 5 N–H and O–H groups in total. The second-order valence-corrected chi connectivity index (χ2v) is 8.35. The van der Waals surface area contributed by atoms with Gasteiger partial charge in [0, 0.05) is 40.3 Å². The molecule has 0 saturated carbocycles. The summed E-state index contributed by atoms with van der Waals surface area (Å²) in [5, 5.41) is 18.7. The van der Waals surface area contributed by atoms with Crippen molar-refractivity contribution in [1.29, 1.82) is 5.41 Å².